The van der Waals surface area contributed by atoms with Crippen molar-refractivity contribution < 1.29 is 4.79 Å². The van der Waals surface area contributed by atoms with E-state index in [0.717, 1.165) is 32.9 Å². The van der Waals surface area contributed by atoms with Crippen LogP contribution in [-0.4, -0.2) is 14.8 Å². The summed E-state index contributed by atoms with van der Waals surface area (Å²) >= 11 is 6.89. The minimum absolute atomic E-state index is 0.0711. The standard InChI is InChI=1S/C23H16N2OS2/c1-24-14-17(19-8-4-5-9-20(19)24)13-21-22(26)25(23(27)28-21)18-11-10-15-6-2-3-7-16(15)12-18/h2-14H,1H3/b21-13-. The lowest BCUT2D eigenvalue weighted by molar-refractivity contribution is -0.113. The van der Waals surface area contributed by atoms with Crippen molar-refractivity contribution in [1.29, 1.82) is 0 Å². The number of hydrogen-bond donors (Lipinski definition) is 0. The summed E-state index contributed by atoms with van der Waals surface area (Å²) in [5.41, 5.74) is 2.97. The number of thioether (sulfide) groups is 1. The highest BCUT2D eigenvalue weighted by atomic mass is 32.2. The van der Waals surface area contributed by atoms with Crippen molar-refractivity contribution in [2.75, 3.05) is 4.90 Å². The maximum Gasteiger partial charge on any atom is 0.270 e. The van der Waals surface area contributed by atoms with Gasteiger partial charge in [-0.2, -0.15) is 0 Å². The monoisotopic (exact) mass is 400 g/mol. The summed E-state index contributed by atoms with van der Waals surface area (Å²) < 4.78 is 2.64. The first-order valence-electron chi connectivity index (χ1n) is 8.93. The number of fused-ring (bicyclic) bond motifs is 2. The van der Waals surface area contributed by atoms with Gasteiger partial charge >= 0.3 is 0 Å². The average Bonchev–Trinajstić information content (AvgIpc) is 3.18. The number of aryl methyl sites for hydroxylation is 1. The van der Waals surface area contributed by atoms with Crippen molar-refractivity contribution in [3.8, 4) is 0 Å². The molecule has 0 aliphatic carbocycles. The first-order chi connectivity index (χ1) is 13.6. The molecule has 1 aliphatic rings. The summed E-state index contributed by atoms with van der Waals surface area (Å²) in [5, 5.41) is 3.36. The molecule has 1 aromatic heterocycles. The summed E-state index contributed by atoms with van der Waals surface area (Å²) in [6, 6.07) is 22.3. The molecule has 4 aromatic rings. The van der Waals surface area contributed by atoms with Crippen LogP contribution in [0, 0.1) is 0 Å². The van der Waals surface area contributed by atoms with Crippen molar-refractivity contribution in [2.24, 2.45) is 7.05 Å². The highest BCUT2D eigenvalue weighted by Gasteiger charge is 2.33. The second kappa shape index (κ2) is 6.62. The van der Waals surface area contributed by atoms with Crippen LogP contribution >= 0.6 is 24.0 Å². The van der Waals surface area contributed by atoms with Gasteiger partial charge in [-0.15, -0.1) is 0 Å². The van der Waals surface area contributed by atoms with Gasteiger partial charge in [0.05, 0.1) is 10.6 Å². The van der Waals surface area contributed by atoms with Gasteiger partial charge < -0.3 is 4.57 Å². The first-order valence-corrected chi connectivity index (χ1v) is 10.1. The van der Waals surface area contributed by atoms with E-state index in [9.17, 15) is 4.79 Å². The van der Waals surface area contributed by atoms with E-state index in [1.165, 1.54) is 11.8 Å². The van der Waals surface area contributed by atoms with Crippen LogP contribution in [0.2, 0.25) is 0 Å². The third-order valence-corrected chi connectivity index (χ3v) is 6.30. The lowest BCUT2D eigenvalue weighted by Crippen LogP contribution is -2.27. The molecule has 5 heteroatoms. The molecular formula is C23H16N2OS2. The first kappa shape index (κ1) is 17.2. The molecule has 3 aromatic carbocycles. The topological polar surface area (TPSA) is 25.2 Å². The number of thiocarbonyl (C=S) groups is 1. The SMILES string of the molecule is Cn1cc(/C=C2\SC(=S)N(c3ccc4ccccc4c3)C2=O)c2ccccc21. The van der Waals surface area contributed by atoms with Crippen LogP contribution < -0.4 is 4.90 Å². The Morgan fingerprint density at radius 1 is 0.964 bits per heavy atom. The van der Waals surface area contributed by atoms with Crippen molar-refractivity contribution in [3.63, 3.8) is 0 Å². The molecule has 2 heterocycles. The van der Waals surface area contributed by atoms with E-state index in [1.807, 2.05) is 67.9 Å². The fourth-order valence-electron chi connectivity index (χ4n) is 3.64. The number of nitrogens with zero attached hydrogens (tertiary/aromatic N) is 2. The van der Waals surface area contributed by atoms with Crippen LogP contribution in [0.3, 0.4) is 0 Å². The van der Waals surface area contributed by atoms with Crippen molar-refractivity contribution >= 4 is 67.6 Å². The van der Waals surface area contributed by atoms with Gasteiger partial charge in [0.2, 0.25) is 0 Å². The number of hydrogen-bond acceptors (Lipinski definition) is 3. The summed E-state index contributed by atoms with van der Waals surface area (Å²) in [7, 11) is 2.01. The van der Waals surface area contributed by atoms with E-state index in [-0.39, 0.29) is 5.91 Å². The van der Waals surface area contributed by atoms with E-state index in [2.05, 4.69) is 22.8 Å². The van der Waals surface area contributed by atoms with Gasteiger partial charge in [0.25, 0.3) is 5.91 Å². The number of benzene rings is 3. The number of para-hydroxylation sites is 1. The molecule has 3 nitrogen and oxygen atoms in total. The Labute approximate surface area is 172 Å². The highest BCUT2D eigenvalue weighted by Crippen LogP contribution is 2.37. The summed E-state index contributed by atoms with van der Waals surface area (Å²) in [6.07, 6.45) is 4.00. The third-order valence-electron chi connectivity index (χ3n) is 5.00. The van der Waals surface area contributed by atoms with Crippen LogP contribution in [0.1, 0.15) is 5.56 Å². The minimum atomic E-state index is -0.0711. The quantitative estimate of drug-likeness (QED) is 0.317. The molecule has 0 bridgehead atoms. The van der Waals surface area contributed by atoms with Crippen LogP contribution in [-0.2, 0) is 11.8 Å². The summed E-state index contributed by atoms with van der Waals surface area (Å²) in [5.74, 6) is -0.0711. The van der Waals surface area contributed by atoms with Crippen LogP contribution in [0.4, 0.5) is 5.69 Å². The Morgan fingerprint density at radius 3 is 2.57 bits per heavy atom. The highest BCUT2D eigenvalue weighted by molar-refractivity contribution is 8.27. The molecule has 1 fully saturated rings. The average molecular weight is 401 g/mol. The Hall–Kier alpha value is -2.89. The Bertz CT molecular complexity index is 1300. The molecule has 0 radical (unpaired) electrons. The maximum absolute atomic E-state index is 13.1. The fourth-order valence-corrected chi connectivity index (χ4v) is 4.93. The van der Waals surface area contributed by atoms with E-state index in [0.29, 0.717) is 9.23 Å². The molecule has 1 saturated heterocycles. The summed E-state index contributed by atoms with van der Waals surface area (Å²) in [6.45, 7) is 0. The predicted molar refractivity (Wildman–Crippen MR) is 123 cm³/mol. The molecule has 28 heavy (non-hydrogen) atoms. The maximum atomic E-state index is 13.1. The molecule has 5 rings (SSSR count). The van der Waals surface area contributed by atoms with Gasteiger partial charge in [-0.1, -0.05) is 72.5 Å². The van der Waals surface area contributed by atoms with Gasteiger partial charge in [-0.05, 0) is 35.0 Å². The second-order valence-electron chi connectivity index (χ2n) is 6.76. The van der Waals surface area contributed by atoms with Gasteiger partial charge in [-0.25, -0.2) is 0 Å². The van der Waals surface area contributed by atoms with E-state index >= 15 is 0 Å². The van der Waals surface area contributed by atoms with Crippen molar-refractivity contribution in [1.82, 2.24) is 4.57 Å². The fraction of sp³-hybridized carbons (Fsp3) is 0.0435. The zero-order valence-corrected chi connectivity index (χ0v) is 16.8. The number of amides is 1. The van der Waals surface area contributed by atoms with Crippen LogP contribution in [0.5, 0.6) is 0 Å². The molecule has 1 aliphatic heterocycles. The van der Waals surface area contributed by atoms with Gasteiger partial charge in [0, 0.05) is 29.7 Å². The van der Waals surface area contributed by atoms with E-state index < -0.39 is 0 Å². The summed E-state index contributed by atoms with van der Waals surface area (Å²) in [4.78, 5) is 15.4. The van der Waals surface area contributed by atoms with Gasteiger partial charge in [0.15, 0.2) is 4.32 Å². The number of aromatic nitrogens is 1. The zero-order chi connectivity index (χ0) is 19.3. The largest absolute Gasteiger partial charge is 0.350 e. The number of rotatable bonds is 2. The van der Waals surface area contributed by atoms with E-state index in [1.54, 1.807) is 4.90 Å². The normalized spacial score (nSPS) is 16.0. The van der Waals surface area contributed by atoms with Crippen LogP contribution in [0.15, 0.2) is 77.8 Å². The number of carbonyl (C=O) groups is 1. The molecule has 0 unspecified atom stereocenters. The lowest BCUT2D eigenvalue weighted by Gasteiger charge is -2.15. The van der Waals surface area contributed by atoms with Crippen molar-refractivity contribution in [2.45, 2.75) is 0 Å². The van der Waals surface area contributed by atoms with E-state index in [4.69, 9.17) is 12.2 Å². The molecule has 136 valence electrons. The van der Waals surface area contributed by atoms with Gasteiger partial charge in [0.1, 0.15) is 0 Å². The molecular weight excluding hydrogens is 384 g/mol. The smallest absolute Gasteiger partial charge is 0.270 e. The Morgan fingerprint density at radius 2 is 1.71 bits per heavy atom. The Balaban J connectivity index is 1.55. The molecule has 0 N–H and O–H groups in total. The zero-order valence-electron chi connectivity index (χ0n) is 15.1. The molecule has 0 atom stereocenters. The van der Waals surface area contributed by atoms with Gasteiger partial charge in [-0.3, -0.25) is 9.69 Å². The van der Waals surface area contributed by atoms with Crippen molar-refractivity contribution in [3.05, 3.63) is 83.4 Å². The molecule has 0 spiro atoms. The lowest BCUT2D eigenvalue weighted by atomic mass is 10.1. The number of anilines is 1. The molecule has 0 saturated carbocycles. The number of carbonyl (C=O) groups excluding carboxylic acids is 1. The molecule has 1 amide bonds. The minimum Gasteiger partial charge on any atom is -0.350 e. The predicted octanol–water partition coefficient (Wildman–Crippen LogP) is 5.74. The Kier molecular flexibility index (Phi) is 4.07. The van der Waals surface area contributed by atoms with Crippen LogP contribution in [0.25, 0.3) is 27.8 Å². The third kappa shape index (κ3) is 2.75. The second-order valence-corrected chi connectivity index (χ2v) is 8.44.